The van der Waals surface area contributed by atoms with Gasteiger partial charge in [-0.3, -0.25) is 9.59 Å². The lowest BCUT2D eigenvalue weighted by Crippen LogP contribution is -2.08. The van der Waals surface area contributed by atoms with Gasteiger partial charge in [0.1, 0.15) is 23.8 Å². The van der Waals surface area contributed by atoms with Gasteiger partial charge in [0.05, 0.1) is 19.8 Å². The number of furan rings is 1. The Morgan fingerprint density at radius 3 is 2.59 bits per heavy atom. The summed E-state index contributed by atoms with van der Waals surface area (Å²) < 4.78 is 31.5. The SMILES string of the molecule is COC(=O)Cc1ccc(C(C)=O)cc1OCc1cc(-c2cccc(CN)c2F)c2occc2c1. The molecule has 0 aliphatic heterocycles. The Morgan fingerprint density at radius 1 is 1.03 bits per heavy atom. The number of esters is 1. The van der Waals surface area contributed by atoms with Crippen LogP contribution in [-0.2, 0) is 29.1 Å². The minimum atomic E-state index is -0.419. The van der Waals surface area contributed by atoms with E-state index in [4.69, 9.17) is 19.6 Å². The first-order chi connectivity index (χ1) is 16.4. The molecule has 174 valence electrons. The molecule has 0 radical (unpaired) electrons. The van der Waals surface area contributed by atoms with Gasteiger partial charge < -0.3 is 19.6 Å². The molecule has 0 atom stereocenters. The maximum absolute atomic E-state index is 15.1. The Bertz CT molecular complexity index is 1370. The summed E-state index contributed by atoms with van der Waals surface area (Å²) in [6.07, 6.45) is 1.56. The lowest BCUT2D eigenvalue weighted by Gasteiger charge is -2.14. The van der Waals surface area contributed by atoms with Crippen molar-refractivity contribution in [3.63, 3.8) is 0 Å². The first kappa shape index (κ1) is 23.2. The van der Waals surface area contributed by atoms with E-state index in [0.29, 0.717) is 39.1 Å². The summed E-state index contributed by atoms with van der Waals surface area (Å²) in [6, 6.07) is 15.5. The van der Waals surface area contributed by atoms with Crippen molar-refractivity contribution in [2.45, 2.75) is 26.5 Å². The Morgan fingerprint density at radius 2 is 1.85 bits per heavy atom. The van der Waals surface area contributed by atoms with Crippen LogP contribution in [-0.4, -0.2) is 18.9 Å². The molecule has 0 aliphatic carbocycles. The van der Waals surface area contributed by atoms with Crippen LogP contribution in [0.5, 0.6) is 5.75 Å². The second kappa shape index (κ2) is 9.89. The molecule has 0 saturated heterocycles. The van der Waals surface area contributed by atoms with E-state index in [-0.39, 0.29) is 25.4 Å². The third kappa shape index (κ3) is 4.70. The number of Topliss-reactive ketones (excluding diaryl/α,β-unsaturated/α-hetero) is 1. The smallest absolute Gasteiger partial charge is 0.310 e. The number of rotatable bonds is 8. The number of carbonyl (C=O) groups excluding carboxylic acids is 2. The van der Waals surface area contributed by atoms with Crippen LogP contribution in [0.3, 0.4) is 0 Å². The molecule has 0 saturated carbocycles. The zero-order valence-electron chi connectivity index (χ0n) is 18.9. The van der Waals surface area contributed by atoms with Gasteiger partial charge in [-0.25, -0.2) is 4.39 Å². The largest absolute Gasteiger partial charge is 0.489 e. The second-order valence-electron chi connectivity index (χ2n) is 7.89. The zero-order chi connectivity index (χ0) is 24.2. The van der Waals surface area contributed by atoms with E-state index in [1.165, 1.54) is 14.0 Å². The van der Waals surface area contributed by atoms with Crippen LogP contribution >= 0.6 is 0 Å². The summed E-state index contributed by atoms with van der Waals surface area (Å²) in [7, 11) is 1.31. The Hall–Kier alpha value is -3.97. The predicted octanol–water partition coefficient (Wildman–Crippen LogP) is 5.19. The zero-order valence-corrected chi connectivity index (χ0v) is 18.9. The van der Waals surface area contributed by atoms with E-state index >= 15 is 4.39 Å². The van der Waals surface area contributed by atoms with Gasteiger partial charge in [-0.15, -0.1) is 0 Å². The molecule has 0 amide bonds. The topological polar surface area (TPSA) is 91.8 Å². The van der Waals surface area contributed by atoms with Gasteiger partial charge in [0, 0.05) is 39.7 Å². The number of fused-ring (bicyclic) bond motifs is 1. The highest BCUT2D eigenvalue weighted by Gasteiger charge is 2.17. The lowest BCUT2D eigenvalue weighted by atomic mass is 9.98. The Balaban J connectivity index is 1.71. The van der Waals surface area contributed by atoms with Crippen molar-refractivity contribution in [2.24, 2.45) is 5.73 Å². The summed E-state index contributed by atoms with van der Waals surface area (Å²) >= 11 is 0. The number of halogens is 1. The standard InChI is InChI=1S/C27H24FNO5/c1-16(30)18-6-7-19(13-25(31)32-2)24(12-18)34-15-17-10-20-8-9-33-27(20)23(11-17)22-5-3-4-21(14-29)26(22)28/h3-12H,13-15,29H2,1-2H3. The normalized spacial score (nSPS) is 10.9. The number of nitrogens with two attached hydrogens (primary N) is 1. The average Bonchev–Trinajstić information content (AvgIpc) is 3.31. The summed E-state index contributed by atoms with van der Waals surface area (Å²) in [4.78, 5) is 23.7. The van der Waals surface area contributed by atoms with Gasteiger partial charge in [-0.1, -0.05) is 30.3 Å². The number of ketones is 1. The molecule has 1 heterocycles. The summed E-state index contributed by atoms with van der Waals surface area (Å²) in [5.41, 5.74) is 9.45. The molecule has 0 unspecified atom stereocenters. The summed E-state index contributed by atoms with van der Waals surface area (Å²) in [6.45, 7) is 1.67. The van der Waals surface area contributed by atoms with Crippen LogP contribution in [0.4, 0.5) is 4.39 Å². The highest BCUT2D eigenvalue weighted by atomic mass is 19.1. The molecule has 4 aromatic rings. The van der Waals surface area contributed by atoms with Crippen LogP contribution < -0.4 is 10.5 Å². The minimum absolute atomic E-state index is 0.00707. The second-order valence-corrected chi connectivity index (χ2v) is 7.89. The third-order valence-corrected chi connectivity index (χ3v) is 5.63. The highest BCUT2D eigenvalue weighted by Crippen LogP contribution is 2.34. The van der Waals surface area contributed by atoms with E-state index in [1.54, 1.807) is 54.8 Å². The molecule has 0 bridgehead atoms. The van der Waals surface area contributed by atoms with E-state index < -0.39 is 11.8 Å². The average molecular weight is 461 g/mol. The lowest BCUT2D eigenvalue weighted by molar-refractivity contribution is -0.139. The van der Waals surface area contributed by atoms with Crippen LogP contribution in [0.25, 0.3) is 22.1 Å². The number of methoxy groups -OCH3 is 1. The molecule has 2 N–H and O–H groups in total. The van der Waals surface area contributed by atoms with E-state index in [9.17, 15) is 9.59 Å². The molecule has 4 rings (SSSR count). The summed E-state index contributed by atoms with van der Waals surface area (Å²) in [5.74, 6) is -0.525. The first-order valence-corrected chi connectivity index (χ1v) is 10.7. The van der Waals surface area contributed by atoms with Crippen molar-refractivity contribution in [2.75, 3.05) is 7.11 Å². The summed E-state index contributed by atoms with van der Waals surface area (Å²) in [5, 5.41) is 0.793. The van der Waals surface area contributed by atoms with Gasteiger partial charge in [-0.2, -0.15) is 0 Å². The molecule has 6 nitrogen and oxygen atoms in total. The fourth-order valence-corrected chi connectivity index (χ4v) is 3.82. The molecule has 34 heavy (non-hydrogen) atoms. The highest BCUT2D eigenvalue weighted by molar-refractivity contribution is 5.95. The van der Waals surface area contributed by atoms with Gasteiger partial charge in [0.15, 0.2) is 5.78 Å². The van der Waals surface area contributed by atoms with Crippen LogP contribution in [0.2, 0.25) is 0 Å². The van der Waals surface area contributed by atoms with Crippen molar-refractivity contribution in [1.29, 1.82) is 0 Å². The molecule has 1 aromatic heterocycles. The van der Waals surface area contributed by atoms with Crippen molar-refractivity contribution in [1.82, 2.24) is 0 Å². The number of ether oxygens (including phenoxy) is 2. The molecular weight excluding hydrogens is 437 g/mol. The van der Waals surface area contributed by atoms with Crippen molar-refractivity contribution in [3.8, 4) is 16.9 Å². The van der Waals surface area contributed by atoms with Gasteiger partial charge >= 0.3 is 5.97 Å². The van der Waals surface area contributed by atoms with E-state index in [0.717, 1.165) is 10.9 Å². The van der Waals surface area contributed by atoms with Crippen LogP contribution in [0.1, 0.15) is 34.0 Å². The number of hydrogen-bond acceptors (Lipinski definition) is 6. The fraction of sp³-hybridized carbons (Fsp3) is 0.185. The predicted molar refractivity (Wildman–Crippen MR) is 126 cm³/mol. The molecular formula is C27H24FNO5. The Kier molecular flexibility index (Phi) is 6.75. The molecule has 0 spiro atoms. The number of hydrogen-bond donors (Lipinski definition) is 1. The maximum Gasteiger partial charge on any atom is 0.310 e. The fourth-order valence-electron chi connectivity index (χ4n) is 3.82. The third-order valence-electron chi connectivity index (χ3n) is 5.63. The van der Waals surface area contributed by atoms with Crippen LogP contribution in [0.15, 0.2) is 65.3 Å². The van der Waals surface area contributed by atoms with Crippen molar-refractivity contribution < 1.29 is 27.9 Å². The molecule has 3 aromatic carbocycles. The quantitative estimate of drug-likeness (QED) is 0.287. The number of benzene rings is 3. The maximum atomic E-state index is 15.1. The molecule has 7 heteroatoms. The number of carbonyl (C=O) groups is 2. The first-order valence-electron chi connectivity index (χ1n) is 10.7. The van der Waals surface area contributed by atoms with Crippen molar-refractivity contribution in [3.05, 3.63) is 88.9 Å². The van der Waals surface area contributed by atoms with Crippen LogP contribution in [0, 0.1) is 5.82 Å². The van der Waals surface area contributed by atoms with Gasteiger partial charge in [-0.05, 0) is 36.8 Å². The van der Waals surface area contributed by atoms with Crippen molar-refractivity contribution >= 4 is 22.7 Å². The molecule has 0 aliphatic rings. The molecule has 0 fully saturated rings. The van der Waals surface area contributed by atoms with Gasteiger partial charge in [0.2, 0.25) is 0 Å². The Labute approximate surface area is 196 Å². The van der Waals surface area contributed by atoms with Gasteiger partial charge in [0.25, 0.3) is 0 Å². The van der Waals surface area contributed by atoms with E-state index in [2.05, 4.69) is 0 Å². The monoisotopic (exact) mass is 461 g/mol. The minimum Gasteiger partial charge on any atom is -0.489 e. The van der Waals surface area contributed by atoms with E-state index in [1.807, 2.05) is 6.07 Å².